The summed E-state index contributed by atoms with van der Waals surface area (Å²) in [6.45, 7) is 3.11. The van der Waals surface area contributed by atoms with Crippen molar-refractivity contribution in [3.8, 4) is 0 Å². The third-order valence-electron chi connectivity index (χ3n) is 3.75. The first-order valence-electron chi connectivity index (χ1n) is 7.13. The number of aryl methyl sites for hydroxylation is 1. The summed E-state index contributed by atoms with van der Waals surface area (Å²) in [5.74, 6) is 2.28. The minimum Gasteiger partial charge on any atom is -0.369 e. The topological polar surface area (TPSA) is 37.8 Å². The van der Waals surface area contributed by atoms with E-state index in [1.807, 2.05) is 6.20 Å². The second-order valence-electron chi connectivity index (χ2n) is 5.14. The van der Waals surface area contributed by atoms with Crippen LogP contribution in [-0.2, 0) is 6.42 Å². The number of anilines is 1. The van der Waals surface area contributed by atoms with Gasteiger partial charge in [-0.05, 0) is 53.0 Å². The monoisotopic (exact) mass is 379 g/mol. The maximum Gasteiger partial charge on any atom is 0.143 e. The number of hydrogen-bond donors (Lipinski definition) is 1. The highest BCUT2D eigenvalue weighted by atomic mass is 127. The maximum absolute atomic E-state index is 4.76. The van der Waals surface area contributed by atoms with Gasteiger partial charge in [0.1, 0.15) is 11.6 Å². The van der Waals surface area contributed by atoms with Gasteiger partial charge in [-0.15, -0.1) is 0 Å². The highest BCUT2D eigenvalue weighted by molar-refractivity contribution is 14.1. The van der Waals surface area contributed by atoms with Crippen molar-refractivity contribution in [1.29, 1.82) is 0 Å². The minimum absolute atomic E-state index is 0.352. The number of nitrogens with zero attached hydrogens (tertiary/aromatic N) is 2. The van der Waals surface area contributed by atoms with E-state index in [1.54, 1.807) is 0 Å². The summed E-state index contributed by atoms with van der Waals surface area (Å²) in [6.07, 6.45) is 5.28. The second-order valence-corrected chi connectivity index (χ2v) is 6.30. The molecule has 1 unspecified atom stereocenters. The number of rotatable bonds is 4. The fraction of sp³-hybridized carbons (Fsp3) is 0.375. The van der Waals surface area contributed by atoms with E-state index < -0.39 is 0 Å². The third-order valence-corrected chi connectivity index (χ3v) is 4.54. The highest BCUT2D eigenvalue weighted by Crippen LogP contribution is 2.36. The van der Waals surface area contributed by atoms with Crippen molar-refractivity contribution in [1.82, 2.24) is 9.97 Å². The Kier molecular flexibility index (Phi) is 4.19. The summed E-state index contributed by atoms with van der Waals surface area (Å²) in [5.41, 5.74) is 2.85. The predicted octanol–water partition coefficient (Wildman–Crippen LogP) is 3.98. The highest BCUT2D eigenvalue weighted by Gasteiger charge is 2.26. The van der Waals surface area contributed by atoms with Gasteiger partial charge in [-0.2, -0.15) is 0 Å². The van der Waals surface area contributed by atoms with Gasteiger partial charge in [0.15, 0.2) is 0 Å². The van der Waals surface area contributed by atoms with Crippen LogP contribution in [0.3, 0.4) is 0 Å². The van der Waals surface area contributed by atoms with Crippen LogP contribution in [0, 0.1) is 3.57 Å². The average Bonchev–Trinajstić information content (AvgIpc) is 2.90. The molecule has 20 heavy (non-hydrogen) atoms. The summed E-state index contributed by atoms with van der Waals surface area (Å²) in [5, 5.41) is 3.39. The molecule has 1 atom stereocenters. The molecule has 1 aromatic heterocycles. The molecule has 0 fully saturated rings. The van der Waals surface area contributed by atoms with E-state index in [9.17, 15) is 0 Å². The number of aromatic nitrogens is 2. The summed E-state index contributed by atoms with van der Waals surface area (Å²) in [4.78, 5) is 9.33. The molecule has 104 valence electrons. The Morgan fingerprint density at radius 1 is 1.35 bits per heavy atom. The van der Waals surface area contributed by atoms with Crippen LogP contribution in [0.5, 0.6) is 0 Å². The predicted molar refractivity (Wildman–Crippen MR) is 90.1 cm³/mol. The first kappa shape index (κ1) is 13.8. The number of nitrogens with one attached hydrogen (secondary N) is 1. The van der Waals surface area contributed by atoms with E-state index in [1.165, 1.54) is 11.1 Å². The Morgan fingerprint density at radius 3 is 3.05 bits per heavy atom. The molecule has 1 N–H and O–H groups in total. The molecule has 0 saturated carbocycles. The lowest BCUT2D eigenvalue weighted by atomic mass is 10.0. The molecular weight excluding hydrogens is 361 g/mol. The van der Waals surface area contributed by atoms with Gasteiger partial charge in [0.25, 0.3) is 0 Å². The molecule has 0 radical (unpaired) electrons. The van der Waals surface area contributed by atoms with E-state index >= 15 is 0 Å². The molecule has 0 amide bonds. The van der Waals surface area contributed by atoms with Gasteiger partial charge in [-0.25, -0.2) is 9.97 Å². The number of hydrogen-bond acceptors (Lipinski definition) is 3. The van der Waals surface area contributed by atoms with Crippen LogP contribution in [0.15, 0.2) is 30.5 Å². The van der Waals surface area contributed by atoms with Crippen LogP contribution >= 0.6 is 22.6 Å². The largest absolute Gasteiger partial charge is 0.369 e. The van der Waals surface area contributed by atoms with Crippen LogP contribution in [0.25, 0.3) is 0 Å². The molecule has 1 heterocycles. The normalized spacial score (nSPS) is 17.0. The van der Waals surface area contributed by atoms with Crippen molar-refractivity contribution < 1.29 is 0 Å². The van der Waals surface area contributed by atoms with Crippen molar-refractivity contribution in [3.63, 3.8) is 0 Å². The lowest BCUT2D eigenvalue weighted by Crippen LogP contribution is -2.09. The van der Waals surface area contributed by atoms with Crippen LogP contribution in [0.1, 0.15) is 42.6 Å². The Labute approximate surface area is 133 Å². The van der Waals surface area contributed by atoms with E-state index in [0.29, 0.717) is 5.92 Å². The van der Waals surface area contributed by atoms with Gasteiger partial charge in [0.2, 0.25) is 0 Å². The van der Waals surface area contributed by atoms with Crippen LogP contribution in [0.2, 0.25) is 0 Å². The lowest BCUT2D eigenvalue weighted by molar-refractivity contribution is 0.727. The SMILES string of the molecule is CCCNc1nc(C2CCc3ccccc32)ncc1I. The van der Waals surface area contributed by atoms with Gasteiger partial charge in [0, 0.05) is 18.7 Å². The molecule has 3 nitrogen and oxygen atoms in total. The van der Waals surface area contributed by atoms with E-state index in [-0.39, 0.29) is 0 Å². The number of benzene rings is 1. The first-order chi connectivity index (χ1) is 9.79. The Morgan fingerprint density at radius 2 is 2.20 bits per heavy atom. The summed E-state index contributed by atoms with van der Waals surface area (Å²) in [7, 11) is 0. The molecule has 1 aromatic carbocycles. The smallest absolute Gasteiger partial charge is 0.143 e. The number of fused-ring (bicyclic) bond motifs is 1. The molecule has 0 spiro atoms. The first-order valence-corrected chi connectivity index (χ1v) is 8.21. The molecule has 2 aromatic rings. The minimum atomic E-state index is 0.352. The Bertz CT molecular complexity index is 612. The summed E-state index contributed by atoms with van der Waals surface area (Å²) in [6, 6.07) is 8.66. The van der Waals surface area contributed by atoms with Crippen molar-refractivity contribution in [3.05, 3.63) is 51.0 Å². The quantitative estimate of drug-likeness (QED) is 0.817. The zero-order chi connectivity index (χ0) is 13.9. The fourth-order valence-corrected chi connectivity index (χ4v) is 3.19. The van der Waals surface area contributed by atoms with Gasteiger partial charge < -0.3 is 5.32 Å². The zero-order valence-corrected chi connectivity index (χ0v) is 13.7. The number of halogens is 1. The molecule has 3 rings (SSSR count). The standard InChI is InChI=1S/C16H18IN3/c1-2-9-18-16-14(17)10-19-15(20-16)13-8-7-11-5-3-4-6-12(11)13/h3-6,10,13H,2,7-9H2,1H3,(H,18,19,20). The molecular formula is C16H18IN3. The average molecular weight is 379 g/mol. The maximum atomic E-state index is 4.76. The molecule has 1 aliphatic rings. The molecule has 0 aliphatic heterocycles. The zero-order valence-electron chi connectivity index (χ0n) is 11.6. The third kappa shape index (κ3) is 2.66. The van der Waals surface area contributed by atoms with E-state index in [0.717, 1.165) is 41.0 Å². The molecule has 0 bridgehead atoms. The molecule has 4 heteroatoms. The molecule has 0 saturated heterocycles. The second kappa shape index (κ2) is 6.08. The van der Waals surface area contributed by atoms with Crippen LogP contribution < -0.4 is 5.32 Å². The van der Waals surface area contributed by atoms with Crippen LogP contribution in [-0.4, -0.2) is 16.5 Å². The van der Waals surface area contributed by atoms with Gasteiger partial charge in [0.05, 0.1) is 3.57 Å². The van der Waals surface area contributed by atoms with Crippen molar-refractivity contribution in [2.75, 3.05) is 11.9 Å². The van der Waals surface area contributed by atoms with Gasteiger partial charge in [-0.1, -0.05) is 31.2 Å². The Balaban J connectivity index is 1.92. The van der Waals surface area contributed by atoms with Crippen molar-refractivity contribution in [2.24, 2.45) is 0 Å². The fourth-order valence-electron chi connectivity index (χ4n) is 2.74. The lowest BCUT2D eigenvalue weighted by Gasteiger charge is -2.13. The van der Waals surface area contributed by atoms with Gasteiger partial charge in [-0.3, -0.25) is 0 Å². The molecule has 1 aliphatic carbocycles. The van der Waals surface area contributed by atoms with Crippen LogP contribution in [0.4, 0.5) is 5.82 Å². The summed E-state index contributed by atoms with van der Waals surface area (Å²) < 4.78 is 1.09. The summed E-state index contributed by atoms with van der Waals surface area (Å²) >= 11 is 2.29. The Hall–Kier alpha value is -1.17. The van der Waals surface area contributed by atoms with Gasteiger partial charge >= 0.3 is 0 Å². The van der Waals surface area contributed by atoms with E-state index in [4.69, 9.17) is 4.98 Å². The van der Waals surface area contributed by atoms with E-state index in [2.05, 4.69) is 64.1 Å². The van der Waals surface area contributed by atoms with Crippen molar-refractivity contribution >= 4 is 28.4 Å². The van der Waals surface area contributed by atoms with Crippen molar-refractivity contribution in [2.45, 2.75) is 32.1 Å².